The molecule has 4 N–H and O–H groups in total. The van der Waals surface area contributed by atoms with Gasteiger partial charge < -0.3 is 11.5 Å². The van der Waals surface area contributed by atoms with Crippen molar-refractivity contribution < 1.29 is 4.79 Å². The van der Waals surface area contributed by atoms with Crippen molar-refractivity contribution in [3.8, 4) is 0 Å². The van der Waals surface area contributed by atoms with Crippen LogP contribution in [-0.2, 0) is 4.79 Å². The van der Waals surface area contributed by atoms with E-state index in [4.69, 9.17) is 11.5 Å². The molecule has 0 heterocycles. The third-order valence-corrected chi connectivity index (χ3v) is 3.07. The van der Waals surface area contributed by atoms with Crippen LogP contribution in [0.3, 0.4) is 0 Å². The van der Waals surface area contributed by atoms with E-state index in [1.54, 1.807) is 0 Å². The van der Waals surface area contributed by atoms with Crippen molar-refractivity contribution in [3.63, 3.8) is 0 Å². The quantitative estimate of drug-likeness (QED) is 0.642. The number of carbonyl (C=O) groups excluding carboxylic acids is 1. The summed E-state index contributed by atoms with van der Waals surface area (Å²) in [6, 6.07) is 0. The maximum absolute atomic E-state index is 10.9. The Kier molecular flexibility index (Phi) is 2.73. The molecule has 1 aliphatic carbocycles. The van der Waals surface area contributed by atoms with Gasteiger partial charge in [0.2, 0.25) is 5.91 Å². The lowest BCUT2D eigenvalue weighted by molar-refractivity contribution is -0.123. The summed E-state index contributed by atoms with van der Waals surface area (Å²) >= 11 is 0. The molecule has 1 amide bonds. The second-order valence-electron chi connectivity index (χ2n) is 3.92. The minimum atomic E-state index is -0.315. The molecule has 0 spiro atoms. The molecule has 0 bridgehead atoms. The topological polar surface area (TPSA) is 69.1 Å². The van der Waals surface area contributed by atoms with Crippen LogP contribution in [0, 0.1) is 5.92 Å². The van der Waals surface area contributed by atoms with Gasteiger partial charge in [-0.3, -0.25) is 4.79 Å². The van der Waals surface area contributed by atoms with Crippen molar-refractivity contribution in [2.24, 2.45) is 17.4 Å². The number of hydrogen-bond acceptors (Lipinski definition) is 2. The highest BCUT2D eigenvalue weighted by Crippen LogP contribution is 2.31. The molecule has 0 aromatic rings. The standard InChI is InChI=1S/C9H18N2O/c1-7(8(10)12)9(11)5-3-2-4-6-9/h7H,2-6,11H2,1H3,(H2,10,12)/t7-/m0/s1. The van der Waals surface area contributed by atoms with Crippen LogP contribution in [0.5, 0.6) is 0 Å². The third kappa shape index (κ3) is 1.78. The molecule has 1 rings (SSSR count). The van der Waals surface area contributed by atoms with Gasteiger partial charge in [-0.2, -0.15) is 0 Å². The van der Waals surface area contributed by atoms with Crippen molar-refractivity contribution in [3.05, 3.63) is 0 Å². The van der Waals surface area contributed by atoms with Gasteiger partial charge in [0.1, 0.15) is 0 Å². The SMILES string of the molecule is C[C@@H](C(N)=O)C1(N)CCCCC1. The van der Waals surface area contributed by atoms with Gasteiger partial charge in [0.25, 0.3) is 0 Å². The van der Waals surface area contributed by atoms with Gasteiger partial charge in [-0.1, -0.05) is 26.2 Å². The van der Waals surface area contributed by atoms with Crippen molar-refractivity contribution in [2.75, 3.05) is 0 Å². The first kappa shape index (κ1) is 9.52. The summed E-state index contributed by atoms with van der Waals surface area (Å²) in [5.74, 6) is -0.447. The summed E-state index contributed by atoms with van der Waals surface area (Å²) in [5, 5.41) is 0. The first-order valence-electron chi connectivity index (χ1n) is 4.64. The fourth-order valence-corrected chi connectivity index (χ4v) is 1.93. The van der Waals surface area contributed by atoms with Crippen LogP contribution in [0.2, 0.25) is 0 Å². The van der Waals surface area contributed by atoms with Crippen LogP contribution in [0.4, 0.5) is 0 Å². The summed E-state index contributed by atoms with van der Waals surface area (Å²) in [6.45, 7) is 1.84. The molecule has 0 aromatic heterocycles. The number of nitrogens with two attached hydrogens (primary N) is 2. The van der Waals surface area contributed by atoms with Crippen LogP contribution >= 0.6 is 0 Å². The Balaban J connectivity index is 2.62. The maximum Gasteiger partial charge on any atom is 0.222 e. The summed E-state index contributed by atoms with van der Waals surface area (Å²) in [4.78, 5) is 10.9. The molecular weight excluding hydrogens is 152 g/mol. The molecule has 0 radical (unpaired) electrons. The first-order valence-corrected chi connectivity index (χ1v) is 4.64. The average Bonchev–Trinajstić information content (AvgIpc) is 2.04. The number of amides is 1. The monoisotopic (exact) mass is 170 g/mol. The molecule has 0 aliphatic heterocycles. The highest BCUT2D eigenvalue weighted by atomic mass is 16.1. The molecule has 0 saturated heterocycles. The van der Waals surface area contributed by atoms with Gasteiger partial charge in [0.05, 0.1) is 5.92 Å². The molecule has 1 saturated carbocycles. The third-order valence-electron chi connectivity index (χ3n) is 3.07. The lowest BCUT2D eigenvalue weighted by atomic mass is 9.74. The predicted molar refractivity (Wildman–Crippen MR) is 48.4 cm³/mol. The van der Waals surface area contributed by atoms with Gasteiger partial charge in [-0.15, -0.1) is 0 Å². The molecule has 1 atom stereocenters. The van der Waals surface area contributed by atoms with Crippen LogP contribution in [0.1, 0.15) is 39.0 Å². The van der Waals surface area contributed by atoms with E-state index in [-0.39, 0.29) is 17.4 Å². The number of carbonyl (C=O) groups is 1. The lowest BCUT2D eigenvalue weighted by Crippen LogP contribution is -2.52. The smallest absolute Gasteiger partial charge is 0.222 e. The Bertz CT molecular complexity index is 173. The normalized spacial score (nSPS) is 24.8. The van der Waals surface area contributed by atoms with Crippen molar-refractivity contribution >= 4 is 5.91 Å². The Morgan fingerprint density at radius 1 is 1.33 bits per heavy atom. The zero-order chi connectivity index (χ0) is 9.19. The Hall–Kier alpha value is -0.570. The molecule has 12 heavy (non-hydrogen) atoms. The van der Waals surface area contributed by atoms with Gasteiger partial charge in [0.15, 0.2) is 0 Å². The van der Waals surface area contributed by atoms with Gasteiger partial charge in [-0.05, 0) is 12.8 Å². The zero-order valence-electron chi connectivity index (χ0n) is 7.68. The van der Waals surface area contributed by atoms with E-state index in [1.165, 1.54) is 6.42 Å². The average molecular weight is 170 g/mol. The fourth-order valence-electron chi connectivity index (χ4n) is 1.93. The summed E-state index contributed by atoms with van der Waals surface area (Å²) in [5.41, 5.74) is 11.0. The van der Waals surface area contributed by atoms with Crippen LogP contribution < -0.4 is 11.5 Å². The minimum Gasteiger partial charge on any atom is -0.369 e. The predicted octanol–water partition coefficient (Wildman–Crippen LogP) is 0.769. The molecule has 1 aliphatic rings. The Morgan fingerprint density at radius 3 is 2.25 bits per heavy atom. The second kappa shape index (κ2) is 3.44. The molecule has 3 heteroatoms. The Morgan fingerprint density at radius 2 is 1.83 bits per heavy atom. The molecule has 70 valence electrons. The largest absolute Gasteiger partial charge is 0.369 e. The summed E-state index contributed by atoms with van der Waals surface area (Å²) in [7, 11) is 0. The summed E-state index contributed by atoms with van der Waals surface area (Å²) in [6.07, 6.45) is 5.39. The van der Waals surface area contributed by atoms with E-state index in [1.807, 2.05) is 6.92 Å². The highest BCUT2D eigenvalue weighted by molar-refractivity contribution is 5.77. The molecule has 0 aromatic carbocycles. The first-order chi connectivity index (χ1) is 5.56. The Labute approximate surface area is 73.5 Å². The second-order valence-corrected chi connectivity index (χ2v) is 3.92. The van der Waals surface area contributed by atoms with E-state index in [2.05, 4.69) is 0 Å². The van der Waals surface area contributed by atoms with Crippen LogP contribution in [0.25, 0.3) is 0 Å². The van der Waals surface area contributed by atoms with Crippen molar-refractivity contribution in [1.29, 1.82) is 0 Å². The zero-order valence-corrected chi connectivity index (χ0v) is 7.68. The van der Waals surface area contributed by atoms with Crippen molar-refractivity contribution in [1.82, 2.24) is 0 Å². The van der Waals surface area contributed by atoms with Gasteiger partial charge >= 0.3 is 0 Å². The van der Waals surface area contributed by atoms with E-state index in [9.17, 15) is 4.79 Å². The van der Waals surface area contributed by atoms with Crippen LogP contribution in [0.15, 0.2) is 0 Å². The molecular formula is C9H18N2O. The van der Waals surface area contributed by atoms with Crippen molar-refractivity contribution in [2.45, 2.75) is 44.6 Å². The highest BCUT2D eigenvalue weighted by Gasteiger charge is 2.36. The van der Waals surface area contributed by atoms with E-state index < -0.39 is 0 Å². The molecule has 3 nitrogen and oxygen atoms in total. The fraction of sp³-hybridized carbons (Fsp3) is 0.889. The number of hydrogen-bond donors (Lipinski definition) is 2. The molecule has 1 fully saturated rings. The van der Waals surface area contributed by atoms with E-state index in [0.29, 0.717) is 0 Å². The number of rotatable bonds is 2. The lowest BCUT2D eigenvalue weighted by Gasteiger charge is -2.37. The maximum atomic E-state index is 10.9. The van der Waals surface area contributed by atoms with E-state index >= 15 is 0 Å². The van der Waals surface area contributed by atoms with E-state index in [0.717, 1.165) is 25.7 Å². The summed E-state index contributed by atoms with van der Waals surface area (Å²) < 4.78 is 0. The van der Waals surface area contributed by atoms with Crippen LogP contribution in [-0.4, -0.2) is 11.4 Å². The van der Waals surface area contributed by atoms with Gasteiger partial charge in [-0.25, -0.2) is 0 Å². The van der Waals surface area contributed by atoms with Gasteiger partial charge in [0, 0.05) is 5.54 Å². The number of primary amides is 1. The minimum absolute atomic E-state index is 0.183. The molecule has 0 unspecified atom stereocenters.